The molecule has 0 radical (unpaired) electrons. The topological polar surface area (TPSA) is 41.5 Å². The number of benzene rings is 1. The summed E-state index contributed by atoms with van der Waals surface area (Å²) in [5.74, 6) is 0.720. The Morgan fingerprint density at radius 1 is 1.31 bits per heavy atom. The van der Waals surface area contributed by atoms with Gasteiger partial charge >= 0.3 is 0 Å². The molecule has 0 saturated heterocycles. The van der Waals surface area contributed by atoms with Crippen molar-refractivity contribution in [2.45, 2.75) is 39.3 Å². The Morgan fingerprint density at radius 2 is 2.00 bits per heavy atom. The molecule has 0 bridgehead atoms. The summed E-state index contributed by atoms with van der Waals surface area (Å²) in [7, 11) is 1.55. The Morgan fingerprint density at radius 3 is 2.50 bits per heavy atom. The van der Waals surface area contributed by atoms with Gasteiger partial charge in [0.2, 0.25) is 0 Å². The summed E-state index contributed by atoms with van der Waals surface area (Å²) >= 11 is 0. The van der Waals surface area contributed by atoms with Gasteiger partial charge < -0.3 is 15.2 Å². The van der Waals surface area contributed by atoms with Crippen LogP contribution in [0, 0.1) is 0 Å². The summed E-state index contributed by atoms with van der Waals surface area (Å²) in [6.07, 6.45) is 2.25. The molecule has 0 aliphatic rings. The van der Waals surface area contributed by atoms with Crippen LogP contribution in [0.4, 0.5) is 0 Å². The van der Waals surface area contributed by atoms with Crippen molar-refractivity contribution in [1.82, 2.24) is 5.32 Å². The first-order valence-corrected chi connectivity index (χ1v) is 5.80. The Labute approximate surface area is 97.4 Å². The molecule has 0 atom stereocenters. The fraction of sp³-hybridized carbons (Fsp3) is 0.538. The van der Waals surface area contributed by atoms with Crippen molar-refractivity contribution in [1.29, 1.82) is 0 Å². The maximum absolute atomic E-state index is 9.62. The first-order valence-electron chi connectivity index (χ1n) is 5.80. The number of ether oxygens (including phenoxy) is 1. The average molecular weight is 223 g/mol. The monoisotopic (exact) mass is 223 g/mol. The molecule has 0 heterocycles. The number of hydrogen-bond acceptors (Lipinski definition) is 3. The van der Waals surface area contributed by atoms with Gasteiger partial charge in [0, 0.05) is 12.6 Å². The van der Waals surface area contributed by atoms with E-state index in [2.05, 4.69) is 19.2 Å². The molecule has 0 aliphatic carbocycles. The van der Waals surface area contributed by atoms with Crippen molar-refractivity contribution in [3.8, 4) is 11.5 Å². The highest BCUT2D eigenvalue weighted by molar-refractivity contribution is 5.41. The Bertz CT molecular complexity index is 322. The Balaban J connectivity index is 2.58. The van der Waals surface area contributed by atoms with Crippen molar-refractivity contribution in [3.63, 3.8) is 0 Å². The van der Waals surface area contributed by atoms with Crippen LogP contribution >= 0.6 is 0 Å². The molecule has 1 aromatic carbocycles. The summed E-state index contributed by atoms with van der Waals surface area (Å²) in [5.41, 5.74) is 1.07. The van der Waals surface area contributed by atoms with E-state index < -0.39 is 0 Å². The third-order valence-corrected chi connectivity index (χ3v) is 2.82. The van der Waals surface area contributed by atoms with E-state index in [0.29, 0.717) is 11.8 Å². The predicted molar refractivity (Wildman–Crippen MR) is 65.9 cm³/mol. The van der Waals surface area contributed by atoms with Gasteiger partial charge in [-0.25, -0.2) is 0 Å². The summed E-state index contributed by atoms with van der Waals surface area (Å²) in [4.78, 5) is 0. The number of phenols is 1. The second-order valence-corrected chi connectivity index (χ2v) is 3.90. The second-order valence-electron chi connectivity index (χ2n) is 3.90. The lowest BCUT2D eigenvalue weighted by atomic mass is 10.1. The SMILES string of the molecule is CCC(CC)NCc1ccc(OC)c(O)c1. The molecule has 0 fully saturated rings. The first kappa shape index (κ1) is 12.8. The third-order valence-electron chi connectivity index (χ3n) is 2.82. The molecule has 3 nitrogen and oxygen atoms in total. The number of hydrogen-bond donors (Lipinski definition) is 2. The molecule has 3 heteroatoms. The summed E-state index contributed by atoms with van der Waals surface area (Å²) < 4.78 is 5.00. The molecule has 16 heavy (non-hydrogen) atoms. The lowest BCUT2D eigenvalue weighted by Crippen LogP contribution is -2.26. The van der Waals surface area contributed by atoms with Gasteiger partial charge in [0.25, 0.3) is 0 Å². The van der Waals surface area contributed by atoms with E-state index in [1.165, 1.54) is 0 Å². The number of nitrogens with one attached hydrogen (secondary N) is 1. The van der Waals surface area contributed by atoms with Crippen molar-refractivity contribution in [3.05, 3.63) is 23.8 Å². The maximum atomic E-state index is 9.62. The van der Waals surface area contributed by atoms with Crippen LogP contribution in [0.25, 0.3) is 0 Å². The van der Waals surface area contributed by atoms with E-state index in [1.54, 1.807) is 19.2 Å². The molecule has 2 N–H and O–H groups in total. The molecular weight excluding hydrogens is 202 g/mol. The van der Waals surface area contributed by atoms with E-state index in [-0.39, 0.29) is 5.75 Å². The van der Waals surface area contributed by atoms with Crippen LogP contribution < -0.4 is 10.1 Å². The molecular formula is C13H21NO2. The molecule has 0 spiro atoms. The quantitative estimate of drug-likeness (QED) is 0.779. The number of rotatable bonds is 6. The highest BCUT2D eigenvalue weighted by atomic mass is 16.5. The van der Waals surface area contributed by atoms with E-state index in [1.807, 2.05) is 6.07 Å². The number of phenolic OH excluding ortho intramolecular Hbond substituents is 1. The van der Waals surface area contributed by atoms with Gasteiger partial charge in [-0.05, 0) is 30.5 Å². The van der Waals surface area contributed by atoms with Gasteiger partial charge in [-0.1, -0.05) is 19.9 Å². The summed E-state index contributed by atoms with van der Waals surface area (Å²) in [5, 5.41) is 13.1. The van der Waals surface area contributed by atoms with E-state index >= 15 is 0 Å². The third kappa shape index (κ3) is 3.42. The zero-order valence-electron chi connectivity index (χ0n) is 10.3. The smallest absolute Gasteiger partial charge is 0.160 e. The van der Waals surface area contributed by atoms with Crippen molar-refractivity contribution in [2.24, 2.45) is 0 Å². The predicted octanol–water partition coefficient (Wildman–Crippen LogP) is 2.68. The van der Waals surface area contributed by atoms with E-state index in [4.69, 9.17) is 4.74 Å². The van der Waals surface area contributed by atoms with Crippen LogP contribution in [-0.2, 0) is 6.54 Å². The minimum atomic E-state index is 0.200. The van der Waals surface area contributed by atoms with Crippen LogP contribution in [0.5, 0.6) is 11.5 Å². The molecule has 0 unspecified atom stereocenters. The number of methoxy groups -OCH3 is 1. The highest BCUT2D eigenvalue weighted by Gasteiger charge is 2.05. The minimum Gasteiger partial charge on any atom is -0.504 e. The van der Waals surface area contributed by atoms with Crippen LogP contribution in [0.2, 0.25) is 0 Å². The fourth-order valence-corrected chi connectivity index (χ4v) is 1.69. The Kier molecular flexibility index (Phi) is 5.12. The zero-order chi connectivity index (χ0) is 12.0. The lowest BCUT2D eigenvalue weighted by molar-refractivity contribution is 0.372. The molecule has 0 amide bonds. The standard InChI is InChI=1S/C13H21NO2/c1-4-11(5-2)14-9-10-6-7-13(16-3)12(15)8-10/h6-8,11,14-15H,4-5,9H2,1-3H3. The van der Waals surface area contributed by atoms with Crippen LogP contribution in [0.1, 0.15) is 32.3 Å². The molecule has 0 aromatic heterocycles. The van der Waals surface area contributed by atoms with Gasteiger partial charge in [-0.15, -0.1) is 0 Å². The van der Waals surface area contributed by atoms with Crippen LogP contribution in [0.15, 0.2) is 18.2 Å². The largest absolute Gasteiger partial charge is 0.504 e. The molecule has 90 valence electrons. The molecule has 0 saturated carbocycles. The van der Waals surface area contributed by atoms with Crippen molar-refractivity contribution >= 4 is 0 Å². The van der Waals surface area contributed by atoms with Crippen LogP contribution in [-0.4, -0.2) is 18.3 Å². The molecule has 1 rings (SSSR count). The summed E-state index contributed by atoms with van der Waals surface area (Å²) in [6.45, 7) is 5.13. The zero-order valence-corrected chi connectivity index (χ0v) is 10.3. The van der Waals surface area contributed by atoms with E-state index in [9.17, 15) is 5.11 Å². The van der Waals surface area contributed by atoms with Gasteiger partial charge in [-0.2, -0.15) is 0 Å². The summed E-state index contributed by atoms with van der Waals surface area (Å²) in [6, 6.07) is 6.05. The first-order chi connectivity index (χ1) is 7.71. The lowest BCUT2D eigenvalue weighted by Gasteiger charge is -2.15. The average Bonchev–Trinajstić information content (AvgIpc) is 2.30. The normalized spacial score (nSPS) is 10.8. The van der Waals surface area contributed by atoms with Crippen molar-refractivity contribution < 1.29 is 9.84 Å². The Hall–Kier alpha value is -1.22. The van der Waals surface area contributed by atoms with Crippen molar-refractivity contribution in [2.75, 3.05) is 7.11 Å². The van der Waals surface area contributed by atoms with E-state index in [0.717, 1.165) is 24.9 Å². The number of aromatic hydroxyl groups is 1. The van der Waals surface area contributed by atoms with Gasteiger partial charge in [0.1, 0.15) is 0 Å². The molecule has 1 aromatic rings. The molecule has 0 aliphatic heterocycles. The minimum absolute atomic E-state index is 0.200. The fourth-order valence-electron chi connectivity index (χ4n) is 1.69. The van der Waals surface area contributed by atoms with Gasteiger partial charge in [0.05, 0.1) is 7.11 Å². The van der Waals surface area contributed by atoms with Crippen LogP contribution in [0.3, 0.4) is 0 Å². The second kappa shape index (κ2) is 6.38. The maximum Gasteiger partial charge on any atom is 0.160 e. The highest BCUT2D eigenvalue weighted by Crippen LogP contribution is 2.26. The van der Waals surface area contributed by atoms with Gasteiger partial charge in [0.15, 0.2) is 11.5 Å². The van der Waals surface area contributed by atoms with Gasteiger partial charge in [-0.3, -0.25) is 0 Å².